The monoisotopic (exact) mass is 273 g/mol. The third kappa shape index (κ3) is 2.85. The summed E-state index contributed by atoms with van der Waals surface area (Å²) < 4.78 is 1.16. The van der Waals surface area contributed by atoms with Crippen LogP contribution in [0.4, 0.5) is 5.69 Å². The van der Waals surface area contributed by atoms with Crippen LogP contribution in [0.25, 0.3) is 0 Å². The van der Waals surface area contributed by atoms with Crippen LogP contribution in [0.5, 0.6) is 0 Å². The highest BCUT2D eigenvalue weighted by molar-refractivity contribution is 5.92. The van der Waals surface area contributed by atoms with Gasteiger partial charge in [0, 0.05) is 11.9 Å². The lowest BCUT2D eigenvalue weighted by Gasteiger charge is -2.10. The van der Waals surface area contributed by atoms with Crippen LogP contribution < -0.4 is 5.32 Å². The van der Waals surface area contributed by atoms with Gasteiger partial charge in [-0.15, -0.1) is 0 Å². The number of carbonyl (C=O) groups is 2. The highest BCUT2D eigenvalue weighted by Gasteiger charge is 2.13. The molecule has 0 aliphatic rings. The summed E-state index contributed by atoms with van der Waals surface area (Å²) in [6.45, 7) is 3.74. The molecule has 0 radical (unpaired) electrons. The van der Waals surface area contributed by atoms with Crippen LogP contribution in [-0.4, -0.2) is 26.8 Å². The first-order valence-corrected chi connectivity index (χ1v) is 6.10. The molecule has 0 fully saturated rings. The molecule has 2 N–H and O–H groups in total. The summed E-state index contributed by atoms with van der Waals surface area (Å²) in [7, 11) is 0. The van der Waals surface area contributed by atoms with E-state index < -0.39 is 5.97 Å². The molecule has 1 aromatic heterocycles. The molecule has 0 unspecified atom stereocenters. The zero-order valence-electron chi connectivity index (χ0n) is 11.3. The number of hydrogen-bond donors (Lipinski definition) is 2. The number of nitrogens with one attached hydrogen (secondary N) is 1. The van der Waals surface area contributed by atoms with E-state index in [2.05, 4.69) is 10.4 Å². The molecule has 0 bridgehead atoms. The van der Waals surface area contributed by atoms with E-state index >= 15 is 0 Å². The average Bonchev–Trinajstić information content (AvgIpc) is 2.83. The summed E-state index contributed by atoms with van der Waals surface area (Å²) >= 11 is 0. The second-order valence-electron chi connectivity index (χ2n) is 4.47. The lowest BCUT2D eigenvalue weighted by molar-refractivity contribution is -0.116. The third-order valence-electron chi connectivity index (χ3n) is 3.11. The maximum absolute atomic E-state index is 12.0. The Morgan fingerprint density at radius 2 is 2.05 bits per heavy atom. The number of carbonyl (C=O) groups excluding carboxylic acids is 1. The summed E-state index contributed by atoms with van der Waals surface area (Å²) in [4.78, 5) is 22.9. The second-order valence-corrected chi connectivity index (χ2v) is 4.47. The maximum Gasteiger partial charge on any atom is 0.354 e. The number of nitrogens with zero attached hydrogens (tertiary/aromatic N) is 2. The van der Waals surface area contributed by atoms with E-state index in [0.717, 1.165) is 21.5 Å². The summed E-state index contributed by atoms with van der Waals surface area (Å²) in [5.41, 5.74) is 2.77. The topological polar surface area (TPSA) is 84.2 Å². The standard InChI is InChI=1S/C14H15N3O3/c1-9-4-3-5-11(10(9)2)16-13(18)8-17-12(14(19)20)6-7-15-17/h3-7H,8H2,1-2H3,(H,16,18)(H,19,20). The van der Waals surface area contributed by atoms with Crippen molar-refractivity contribution >= 4 is 17.6 Å². The van der Waals surface area contributed by atoms with Gasteiger partial charge in [-0.1, -0.05) is 12.1 Å². The van der Waals surface area contributed by atoms with Gasteiger partial charge in [-0.3, -0.25) is 4.79 Å². The normalized spacial score (nSPS) is 10.3. The number of aryl methyl sites for hydroxylation is 1. The Hall–Kier alpha value is -2.63. The molecule has 2 aromatic rings. The first-order valence-electron chi connectivity index (χ1n) is 6.10. The molecule has 0 spiro atoms. The van der Waals surface area contributed by atoms with Gasteiger partial charge in [-0.25, -0.2) is 9.48 Å². The highest BCUT2D eigenvalue weighted by Crippen LogP contribution is 2.17. The minimum Gasteiger partial charge on any atom is -0.477 e. The van der Waals surface area contributed by atoms with Crippen LogP contribution in [0.2, 0.25) is 0 Å². The van der Waals surface area contributed by atoms with E-state index in [1.165, 1.54) is 12.3 Å². The molecule has 0 aliphatic heterocycles. The number of benzene rings is 1. The number of hydrogen-bond acceptors (Lipinski definition) is 3. The SMILES string of the molecule is Cc1cccc(NC(=O)Cn2nccc2C(=O)O)c1C. The van der Waals surface area contributed by atoms with Crippen molar-refractivity contribution in [1.29, 1.82) is 0 Å². The van der Waals surface area contributed by atoms with E-state index in [0.29, 0.717) is 0 Å². The Labute approximate surface area is 116 Å². The van der Waals surface area contributed by atoms with Crippen LogP contribution in [0.15, 0.2) is 30.5 Å². The molecule has 6 heteroatoms. The average molecular weight is 273 g/mol. The van der Waals surface area contributed by atoms with E-state index in [9.17, 15) is 9.59 Å². The van der Waals surface area contributed by atoms with Crippen LogP contribution in [0.3, 0.4) is 0 Å². The molecule has 1 amide bonds. The number of amides is 1. The van der Waals surface area contributed by atoms with Gasteiger partial charge in [-0.05, 0) is 37.1 Å². The summed E-state index contributed by atoms with van der Waals surface area (Å²) in [5, 5.41) is 15.5. The van der Waals surface area contributed by atoms with Crippen molar-refractivity contribution in [3.63, 3.8) is 0 Å². The van der Waals surface area contributed by atoms with Gasteiger partial charge in [0.2, 0.25) is 5.91 Å². The number of anilines is 1. The molecule has 1 heterocycles. The van der Waals surface area contributed by atoms with Gasteiger partial charge in [-0.2, -0.15) is 5.10 Å². The number of aromatic nitrogens is 2. The van der Waals surface area contributed by atoms with E-state index in [-0.39, 0.29) is 18.1 Å². The largest absolute Gasteiger partial charge is 0.477 e. The summed E-state index contributed by atoms with van der Waals surface area (Å²) in [6, 6.07) is 6.98. The predicted molar refractivity (Wildman–Crippen MR) is 73.7 cm³/mol. The molecular formula is C14H15N3O3. The van der Waals surface area contributed by atoms with Crippen LogP contribution >= 0.6 is 0 Å². The van der Waals surface area contributed by atoms with E-state index in [4.69, 9.17) is 5.11 Å². The molecule has 0 saturated carbocycles. The maximum atomic E-state index is 12.0. The Bertz CT molecular complexity index is 661. The lowest BCUT2D eigenvalue weighted by Crippen LogP contribution is -2.22. The molecule has 0 saturated heterocycles. The first-order chi connectivity index (χ1) is 9.49. The minimum atomic E-state index is -1.11. The van der Waals surface area contributed by atoms with Crippen molar-refractivity contribution in [3.8, 4) is 0 Å². The van der Waals surface area contributed by atoms with E-state index in [1.54, 1.807) is 6.07 Å². The highest BCUT2D eigenvalue weighted by atomic mass is 16.4. The Kier molecular flexibility index (Phi) is 3.84. The smallest absolute Gasteiger partial charge is 0.354 e. The molecular weight excluding hydrogens is 258 g/mol. The van der Waals surface area contributed by atoms with E-state index in [1.807, 2.05) is 26.0 Å². The number of carboxylic acid groups (broad SMARTS) is 1. The quantitative estimate of drug-likeness (QED) is 0.890. The van der Waals surface area contributed by atoms with Crippen molar-refractivity contribution in [2.24, 2.45) is 0 Å². The van der Waals surface area contributed by atoms with Crippen LogP contribution in [0.1, 0.15) is 21.6 Å². The molecule has 0 atom stereocenters. The number of aromatic carboxylic acids is 1. The fraction of sp³-hybridized carbons (Fsp3) is 0.214. The van der Waals surface area contributed by atoms with Gasteiger partial charge in [0.15, 0.2) is 0 Å². The summed E-state index contributed by atoms with van der Waals surface area (Å²) in [6.07, 6.45) is 1.36. The van der Waals surface area contributed by atoms with Gasteiger partial charge < -0.3 is 10.4 Å². The van der Waals surface area contributed by atoms with Crippen molar-refractivity contribution in [2.45, 2.75) is 20.4 Å². The fourth-order valence-electron chi connectivity index (χ4n) is 1.85. The van der Waals surface area contributed by atoms with Crippen molar-refractivity contribution < 1.29 is 14.7 Å². The Balaban J connectivity index is 2.11. The Morgan fingerprint density at radius 1 is 1.30 bits per heavy atom. The zero-order chi connectivity index (χ0) is 14.7. The summed E-state index contributed by atoms with van der Waals surface area (Å²) in [5.74, 6) is -1.42. The fourth-order valence-corrected chi connectivity index (χ4v) is 1.85. The van der Waals surface area contributed by atoms with Gasteiger partial charge >= 0.3 is 5.97 Å². The van der Waals surface area contributed by atoms with Crippen molar-refractivity contribution in [2.75, 3.05) is 5.32 Å². The molecule has 0 aliphatic carbocycles. The molecule has 104 valence electrons. The van der Waals surface area contributed by atoms with Crippen LogP contribution in [0, 0.1) is 13.8 Å². The lowest BCUT2D eigenvalue weighted by atomic mass is 10.1. The first kappa shape index (κ1) is 13.8. The number of rotatable bonds is 4. The van der Waals surface area contributed by atoms with Crippen molar-refractivity contribution in [1.82, 2.24) is 9.78 Å². The van der Waals surface area contributed by atoms with Gasteiger partial charge in [0.1, 0.15) is 12.2 Å². The van der Waals surface area contributed by atoms with Crippen molar-refractivity contribution in [3.05, 3.63) is 47.3 Å². The molecule has 20 heavy (non-hydrogen) atoms. The minimum absolute atomic E-state index is 0.0129. The molecule has 2 rings (SSSR count). The molecule has 6 nitrogen and oxygen atoms in total. The zero-order valence-corrected chi connectivity index (χ0v) is 11.3. The second kappa shape index (κ2) is 5.56. The van der Waals surface area contributed by atoms with Crippen LogP contribution in [-0.2, 0) is 11.3 Å². The van der Waals surface area contributed by atoms with Gasteiger partial charge in [0.25, 0.3) is 0 Å². The molecule has 1 aromatic carbocycles. The Morgan fingerprint density at radius 3 is 2.75 bits per heavy atom. The van der Waals surface area contributed by atoms with Gasteiger partial charge in [0.05, 0.1) is 0 Å². The predicted octanol–water partition coefficient (Wildman–Crippen LogP) is 1.84. The number of carboxylic acids is 1. The third-order valence-corrected chi connectivity index (χ3v) is 3.11.